The van der Waals surface area contributed by atoms with Gasteiger partial charge in [0.05, 0.1) is 12.7 Å². The summed E-state index contributed by atoms with van der Waals surface area (Å²) < 4.78 is 5.55. The molecule has 2 atom stereocenters. The van der Waals surface area contributed by atoms with E-state index in [9.17, 15) is 0 Å². The Hall–Kier alpha value is 0.0500. The maximum absolute atomic E-state index is 5.55. The van der Waals surface area contributed by atoms with Gasteiger partial charge in [0.1, 0.15) is 0 Å². The fourth-order valence-corrected chi connectivity index (χ4v) is 1.88. The second-order valence-corrected chi connectivity index (χ2v) is 3.68. The summed E-state index contributed by atoms with van der Waals surface area (Å²) in [7, 11) is 0. The SMILES string of the molecule is C=CCOC1CCCCC1S. The topological polar surface area (TPSA) is 9.23 Å². The lowest BCUT2D eigenvalue weighted by Crippen LogP contribution is -2.28. The van der Waals surface area contributed by atoms with Crippen molar-refractivity contribution < 1.29 is 4.74 Å². The van der Waals surface area contributed by atoms with Crippen LogP contribution in [-0.4, -0.2) is 18.0 Å². The number of thiol groups is 1. The van der Waals surface area contributed by atoms with Crippen molar-refractivity contribution in [3.8, 4) is 0 Å². The van der Waals surface area contributed by atoms with E-state index in [-0.39, 0.29) is 0 Å². The fraction of sp³-hybridized carbons (Fsp3) is 0.778. The van der Waals surface area contributed by atoms with Crippen LogP contribution in [0.1, 0.15) is 25.7 Å². The van der Waals surface area contributed by atoms with Crippen molar-refractivity contribution >= 4 is 12.6 Å². The van der Waals surface area contributed by atoms with Crippen molar-refractivity contribution in [3.63, 3.8) is 0 Å². The highest BCUT2D eigenvalue weighted by molar-refractivity contribution is 7.81. The van der Waals surface area contributed by atoms with E-state index in [0.717, 1.165) is 0 Å². The smallest absolute Gasteiger partial charge is 0.0695 e. The van der Waals surface area contributed by atoms with Gasteiger partial charge in [-0.15, -0.1) is 6.58 Å². The highest BCUT2D eigenvalue weighted by Crippen LogP contribution is 2.24. The zero-order valence-corrected chi connectivity index (χ0v) is 7.72. The zero-order chi connectivity index (χ0) is 8.10. The van der Waals surface area contributed by atoms with Crippen molar-refractivity contribution in [2.45, 2.75) is 37.0 Å². The first-order chi connectivity index (χ1) is 5.34. The van der Waals surface area contributed by atoms with Crippen molar-refractivity contribution in [1.82, 2.24) is 0 Å². The number of rotatable bonds is 3. The van der Waals surface area contributed by atoms with Gasteiger partial charge in [-0.3, -0.25) is 0 Å². The van der Waals surface area contributed by atoms with E-state index in [1.165, 1.54) is 25.7 Å². The molecule has 0 saturated heterocycles. The quantitative estimate of drug-likeness (QED) is 0.508. The maximum Gasteiger partial charge on any atom is 0.0695 e. The third-order valence-corrected chi connectivity index (χ3v) is 2.69. The van der Waals surface area contributed by atoms with Crippen LogP contribution in [0, 0.1) is 0 Å². The van der Waals surface area contributed by atoms with Gasteiger partial charge < -0.3 is 4.74 Å². The highest BCUT2D eigenvalue weighted by Gasteiger charge is 2.21. The second kappa shape index (κ2) is 4.83. The van der Waals surface area contributed by atoms with Crippen molar-refractivity contribution in [3.05, 3.63) is 12.7 Å². The largest absolute Gasteiger partial charge is 0.373 e. The maximum atomic E-state index is 5.55. The Morgan fingerprint density at radius 2 is 2.18 bits per heavy atom. The van der Waals surface area contributed by atoms with Gasteiger partial charge in [0, 0.05) is 5.25 Å². The Morgan fingerprint density at radius 1 is 1.45 bits per heavy atom. The molecule has 0 aromatic rings. The summed E-state index contributed by atoms with van der Waals surface area (Å²) in [6, 6.07) is 0. The summed E-state index contributed by atoms with van der Waals surface area (Å²) in [5.74, 6) is 0. The average molecular weight is 172 g/mol. The highest BCUT2D eigenvalue weighted by atomic mass is 32.1. The summed E-state index contributed by atoms with van der Waals surface area (Å²) in [5, 5.41) is 0.448. The number of hydrogen-bond acceptors (Lipinski definition) is 2. The van der Waals surface area contributed by atoms with Crippen LogP contribution < -0.4 is 0 Å². The molecular weight excluding hydrogens is 156 g/mol. The fourth-order valence-electron chi connectivity index (χ4n) is 1.46. The lowest BCUT2D eigenvalue weighted by atomic mass is 9.97. The zero-order valence-electron chi connectivity index (χ0n) is 6.83. The second-order valence-electron chi connectivity index (χ2n) is 3.01. The van der Waals surface area contributed by atoms with Crippen LogP contribution in [0.2, 0.25) is 0 Å². The molecule has 2 unspecified atom stereocenters. The van der Waals surface area contributed by atoms with Crippen molar-refractivity contribution in [2.24, 2.45) is 0 Å². The molecule has 0 aromatic heterocycles. The monoisotopic (exact) mass is 172 g/mol. The molecule has 0 aliphatic heterocycles. The van der Waals surface area contributed by atoms with Crippen LogP contribution >= 0.6 is 12.6 Å². The summed E-state index contributed by atoms with van der Waals surface area (Å²) in [4.78, 5) is 0. The van der Waals surface area contributed by atoms with Gasteiger partial charge in [0.25, 0.3) is 0 Å². The predicted octanol–water partition coefficient (Wildman–Crippen LogP) is 2.43. The van der Waals surface area contributed by atoms with Gasteiger partial charge in [-0.1, -0.05) is 18.9 Å². The molecule has 0 heterocycles. The van der Waals surface area contributed by atoms with E-state index in [2.05, 4.69) is 19.2 Å². The summed E-state index contributed by atoms with van der Waals surface area (Å²) in [6.07, 6.45) is 7.13. The van der Waals surface area contributed by atoms with E-state index < -0.39 is 0 Å². The molecule has 1 nitrogen and oxygen atoms in total. The molecule has 1 aliphatic rings. The predicted molar refractivity (Wildman–Crippen MR) is 51.2 cm³/mol. The number of ether oxygens (including phenoxy) is 1. The molecule has 1 aliphatic carbocycles. The molecule has 0 aromatic carbocycles. The molecule has 64 valence electrons. The average Bonchev–Trinajstić information content (AvgIpc) is 2.03. The molecule has 1 fully saturated rings. The number of hydrogen-bond donors (Lipinski definition) is 1. The normalized spacial score (nSPS) is 31.7. The molecule has 0 N–H and O–H groups in total. The molecule has 0 radical (unpaired) electrons. The molecule has 0 spiro atoms. The lowest BCUT2D eigenvalue weighted by Gasteiger charge is -2.27. The standard InChI is InChI=1S/C9H16OS/c1-2-7-10-8-5-3-4-6-9(8)11/h2,8-9,11H,1,3-7H2. The van der Waals surface area contributed by atoms with E-state index in [1.807, 2.05) is 0 Å². The Bertz CT molecular complexity index is 125. The van der Waals surface area contributed by atoms with Gasteiger partial charge in [0.15, 0.2) is 0 Å². The minimum absolute atomic E-state index is 0.366. The summed E-state index contributed by atoms with van der Waals surface area (Å²) >= 11 is 4.47. The van der Waals surface area contributed by atoms with Crippen LogP contribution in [0.4, 0.5) is 0 Å². The van der Waals surface area contributed by atoms with E-state index in [1.54, 1.807) is 6.08 Å². The van der Waals surface area contributed by atoms with Crippen molar-refractivity contribution in [2.75, 3.05) is 6.61 Å². The van der Waals surface area contributed by atoms with Gasteiger partial charge in [-0.25, -0.2) is 0 Å². The molecule has 0 amide bonds. The van der Waals surface area contributed by atoms with Crippen LogP contribution in [0.3, 0.4) is 0 Å². The van der Waals surface area contributed by atoms with Gasteiger partial charge in [-0.05, 0) is 12.8 Å². The van der Waals surface area contributed by atoms with Crippen LogP contribution in [0.25, 0.3) is 0 Å². The molecular formula is C9H16OS. The summed E-state index contributed by atoms with van der Waals surface area (Å²) in [5.41, 5.74) is 0. The van der Waals surface area contributed by atoms with Crippen molar-refractivity contribution in [1.29, 1.82) is 0 Å². The summed E-state index contributed by atoms with van der Waals surface area (Å²) in [6.45, 7) is 4.29. The lowest BCUT2D eigenvalue weighted by molar-refractivity contribution is 0.0521. The first-order valence-electron chi connectivity index (χ1n) is 4.25. The third kappa shape index (κ3) is 2.88. The molecule has 1 rings (SSSR count). The van der Waals surface area contributed by atoms with Gasteiger partial charge >= 0.3 is 0 Å². The van der Waals surface area contributed by atoms with Crippen LogP contribution in [0.15, 0.2) is 12.7 Å². The van der Waals surface area contributed by atoms with Crippen LogP contribution in [-0.2, 0) is 4.74 Å². The van der Waals surface area contributed by atoms with E-state index >= 15 is 0 Å². The Kier molecular flexibility index (Phi) is 4.02. The van der Waals surface area contributed by atoms with E-state index in [0.29, 0.717) is 18.0 Å². The molecule has 2 heteroatoms. The van der Waals surface area contributed by atoms with Gasteiger partial charge in [-0.2, -0.15) is 12.6 Å². The first kappa shape index (κ1) is 9.14. The minimum atomic E-state index is 0.366. The third-order valence-electron chi connectivity index (χ3n) is 2.10. The minimum Gasteiger partial charge on any atom is -0.373 e. The Balaban J connectivity index is 2.23. The van der Waals surface area contributed by atoms with Gasteiger partial charge in [0.2, 0.25) is 0 Å². The Morgan fingerprint density at radius 3 is 2.82 bits per heavy atom. The Labute approximate surface area is 74.2 Å². The molecule has 11 heavy (non-hydrogen) atoms. The van der Waals surface area contributed by atoms with E-state index in [4.69, 9.17) is 4.74 Å². The molecule has 0 bridgehead atoms. The molecule has 1 saturated carbocycles. The first-order valence-corrected chi connectivity index (χ1v) is 4.77. The van der Waals surface area contributed by atoms with Crippen LogP contribution in [0.5, 0.6) is 0 Å².